The van der Waals surface area contributed by atoms with E-state index in [0.29, 0.717) is 0 Å². The zero-order valence-electron chi connectivity index (χ0n) is 7.74. The van der Waals surface area contributed by atoms with Crippen LogP contribution < -0.4 is 10.9 Å². The van der Waals surface area contributed by atoms with E-state index in [-0.39, 0.29) is 12.5 Å². The van der Waals surface area contributed by atoms with Gasteiger partial charge in [0.1, 0.15) is 6.54 Å². The minimum Gasteiger partial charge on any atom is -0.468 e. The molecule has 1 aromatic rings. The summed E-state index contributed by atoms with van der Waals surface area (Å²) in [6.45, 7) is 0.0398. The number of anilines is 1. The van der Waals surface area contributed by atoms with Gasteiger partial charge in [-0.15, -0.1) is 0 Å². The molecule has 0 aliphatic heterocycles. The zero-order chi connectivity index (χ0) is 10.6. The van der Waals surface area contributed by atoms with Crippen molar-refractivity contribution < 1.29 is 9.53 Å². The molecule has 0 heterocycles. The van der Waals surface area contributed by atoms with Crippen molar-refractivity contribution in [1.29, 1.82) is 0 Å². The molecular formula is C9H11BrN2O2. The zero-order valence-corrected chi connectivity index (χ0v) is 9.32. The number of nitrogens with zero attached hydrogens (tertiary/aromatic N) is 1. The van der Waals surface area contributed by atoms with Crippen LogP contribution in [-0.2, 0) is 9.53 Å². The topological polar surface area (TPSA) is 55.6 Å². The molecule has 0 aliphatic carbocycles. The van der Waals surface area contributed by atoms with Crippen LogP contribution in [0.4, 0.5) is 5.69 Å². The highest BCUT2D eigenvalue weighted by Crippen LogP contribution is 2.15. The fourth-order valence-electron chi connectivity index (χ4n) is 0.927. The maximum Gasteiger partial charge on any atom is 0.326 e. The number of halogens is 1. The molecule has 0 radical (unpaired) electrons. The molecule has 0 spiro atoms. The van der Waals surface area contributed by atoms with Crippen molar-refractivity contribution in [3.63, 3.8) is 0 Å². The Morgan fingerprint density at radius 1 is 1.50 bits per heavy atom. The van der Waals surface area contributed by atoms with E-state index < -0.39 is 0 Å². The number of benzene rings is 1. The first-order valence-corrected chi connectivity index (χ1v) is 4.77. The van der Waals surface area contributed by atoms with Gasteiger partial charge in [0.15, 0.2) is 0 Å². The van der Waals surface area contributed by atoms with Crippen molar-refractivity contribution in [2.75, 3.05) is 18.7 Å². The highest BCUT2D eigenvalue weighted by molar-refractivity contribution is 9.10. The Kier molecular flexibility index (Phi) is 3.91. The molecule has 0 bridgehead atoms. The second-order valence-corrected chi connectivity index (χ2v) is 3.60. The fraction of sp³-hybridized carbons (Fsp3) is 0.222. The number of esters is 1. The largest absolute Gasteiger partial charge is 0.468 e. The minimum atomic E-state index is -0.365. The summed E-state index contributed by atoms with van der Waals surface area (Å²) in [5.41, 5.74) is 0.763. The lowest BCUT2D eigenvalue weighted by Gasteiger charge is -2.16. The molecule has 4 nitrogen and oxygen atoms in total. The van der Waals surface area contributed by atoms with Crippen LogP contribution in [0.2, 0.25) is 0 Å². The standard InChI is InChI=1S/C9H11BrN2O2/c1-14-9(13)6-12(11)8-4-2-7(10)3-5-8/h2-5H,6,11H2,1H3. The number of nitrogens with two attached hydrogens (primary N) is 1. The van der Waals surface area contributed by atoms with Gasteiger partial charge in [0, 0.05) is 4.47 Å². The van der Waals surface area contributed by atoms with Crippen LogP contribution in [0.25, 0.3) is 0 Å². The average Bonchev–Trinajstić information content (AvgIpc) is 2.18. The van der Waals surface area contributed by atoms with Crippen molar-refractivity contribution in [2.24, 2.45) is 5.84 Å². The number of ether oxygens (including phenoxy) is 1. The average molecular weight is 259 g/mol. The van der Waals surface area contributed by atoms with Crippen LogP contribution in [0, 0.1) is 0 Å². The van der Waals surface area contributed by atoms with Crippen LogP contribution in [0.1, 0.15) is 0 Å². The second kappa shape index (κ2) is 4.97. The highest BCUT2D eigenvalue weighted by Gasteiger charge is 2.07. The summed E-state index contributed by atoms with van der Waals surface area (Å²) in [5.74, 6) is 5.27. The number of carbonyl (C=O) groups excluding carboxylic acids is 1. The molecule has 0 fully saturated rings. The lowest BCUT2D eigenvalue weighted by molar-refractivity contribution is -0.138. The predicted molar refractivity (Wildman–Crippen MR) is 57.7 cm³/mol. The second-order valence-electron chi connectivity index (χ2n) is 2.68. The molecule has 0 saturated heterocycles. The highest BCUT2D eigenvalue weighted by atomic mass is 79.9. The summed E-state index contributed by atoms with van der Waals surface area (Å²) < 4.78 is 5.46. The van der Waals surface area contributed by atoms with E-state index in [2.05, 4.69) is 20.7 Å². The van der Waals surface area contributed by atoms with Crippen molar-refractivity contribution in [1.82, 2.24) is 0 Å². The molecule has 0 saturated carbocycles. The van der Waals surface area contributed by atoms with Gasteiger partial charge in [0.05, 0.1) is 12.8 Å². The number of hydrazine groups is 1. The van der Waals surface area contributed by atoms with Crippen molar-refractivity contribution in [2.45, 2.75) is 0 Å². The van der Waals surface area contributed by atoms with Gasteiger partial charge in [-0.05, 0) is 24.3 Å². The van der Waals surface area contributed by atoms with Crippen LogP contribution in [0.15, 0.2) is 28.7 Å². The molecule has 0 aromatic heterocycles. The Hall–Kier alpha value is -1.07. The minimum absolute atomic E-state index is 0.0398. The van der Waals surface area contributed by atoms with E-state index in [1.807, 2.05) is 24.3 Å². The number of hydrogen-bond acceptors (Lipinski definition) is 4. The first kappa shape index (κ1) is 11.0. The van der Waals surface area contributed by atoms with E-state index in [9.17, 15) is 4.79 Å². The molecule has 5 heteroatoms. The van der Waals surface area contributed by atoms with Gasteiger partial charge in [-0.2, -0.15) is 0 Å². The quantitative estimate of drug-likeness (QED) is 0.505. The summed E-state index contributed by atoms with van der Waals surface area (Å²) >= 11 is 3.31. The Morgan fingerprint density at radius 3 is 2.57 bits per heavy atom. The molecule has 1 rings (SSSR count). The molecule has 0 aliphatic rings. The molecular weight excluding hydrogens is 248 g/mol. The van der Waals surface area contributed by atoms with Gasteiger partial charge in [-0.1, -0.05) is 15.9 Å². The monoisotopic (exact) mass is 258 g/mol. The Balaban J connectivity index is 2.65. The van der Waals surface area contributed by atoms with Crippen LogP contribution >= 0.6 is 15.9 Å². The lowest BCUT2D eigenvalue weighted by atomic mass is 10.3. The summed E-state index contributed by atoms with van der Waals surface area (Å²) in [4.78, 5) is 10.9. The Bertz CT molecular complexity index is 313. The van der Waals surface area contributed by atoms with Gasteiger partial charge in [-0.25, -0.2) is 5.84 Å². The maximum absolute atomic E-state index is 10.9. The maximum atomic E-state index is 10.9. The number of rotatable bonds is 3. The Labute approximate surface area is 90.7 Å². The molecule has 14 heavy (non-hydrogen) atoms. The van der Waals surface area contributed by atoms with Crippen LogP contribution in [0.5, 0.6) is 0 Å². The van der Waals surface area contributed by atoms with Gasteiger partial charge in [-0.3, -0.25) is 9.80 Å². The summed E-state index contributed by atoms with van der Waals surface area (Å²) in [7, 11) is 1.33. The Morgan fingerprint density at radius 2 is 2.07 bits per heavy atom. The SMILES string of the molecule is COC(=O)CN(N)c1ccc(Br)cc1. The van der Waals surface area contributed by atoms with Crippen LogP contribution in [-0.4, -0.2) is 19.6 Å². The number of methoxy groups -OCH3 is 1. The summed E-state index contributed by atoms with van der Waals surface area (Å²) in [6, 6.07) is 7.33. The summed E-state index contributed by atoms with van der Waals surface area (Å²) in [6.07, 6.45) is 0. The van der Waals surface area contributed by atoms with Gasteiger partial charge >= 0.3 is 5.97 Å². The molecule has 76 valence electrons. The smallest absolute Gasteiger partial charge is 0.326 e. The lowest BCUT2D eigenvalue weighted by Crippen LogP contribution is -2.36. The van der Waals surface area contributed by atoms with E-state index >= 15 is 0 Å². The van der Waals surface area contributed by atoms with E-state index in [1.54, 1.807) is 0 Å². The first-order chi connectivity index (χ1) is 6.63. The normalized spacial score (nSPS) is 9.64. The third kappa shape index (κ3) is 3.01. The van der Waals surface area contributed by atoms with Crippen molar-refractivity contribution in [3.8, 4) is 0 Å². The first-order valence-electron chi connectivity index (χ1n) is 3.98. The van der Waals surface area contributed by atoms with Crippen molar-refractivity contribution >= 4 is 27.6 Å². The van der Waals surface area contributed by atoms with E-state index in [1.165, 1.54) is 12.1 Å². The third-order valence-corrected chi connectivity index (χ3v) is 2.21. The molecule has 0 amide bonds. The van der Waals surface area contributed by atoms with E-state index in [0.717, 1.165) is 10.2 Å². The van der Waals surface area contributed by atoms with Crippen molar-refractivity contribution in [3.05, 3.63) is 28.7 Å². The fourth-order valence-corrected chi connectivity index (χ4v) is 1.19. The third-order valence-electron chi connectivity index (χ3n) is 1.69. The molecule has 0 unspecified atom stereocenters. The van der Waals surface area contributed by atoms with Gasteiger partial charge in [0.2, 0.25) is 0 Å². The van der Waals surface area contributed by atoms with Gasteiger partial charge < -0.3 is 4.74 Å². The molecule has 2 N–H and O–H groups in total. The molecule has 1 aromatic carbocycles. The number of hydrogen-bond donors (Lipinski definition) is 1. The van der Waals surface area contributed by atoms with Crippen LogP contribution in [0.3, 0.4) is 0 Å². The number of carbonyl (C=O) groups is 1. The predicted octanol–water partition coefficient (Wildman–Crippen LogP) is 1.30. The summed E-state index contributed by atoms with van der Waals surface area (Å²) in [5, 5.41) is 1.33. The molecule has 0 atom stereocenters. The van der Waals surface area contributed by atoms with Gasteiger partial charge in [0.25, 0.3) is 0 Å². The van der Waals surface area contributed by atoms with E-state index in [4.69, 9.17) is 5.84 Å².